The molecule has 0 fully saturated rings. The van der Waals surface area contributed by atoms with Crippen LogP contribution in [0.15, 0.2) is 36.7 Å². The summed E-state index contributed by atoms with van der Waals surface area (Å²) in [6.45, 7) is 4.27. The summed E-state index contributed by atoms with van der Waals surface area (Å²) < 4.78 is 0. The highest BCUT2D eigenvalue weighted by Gasteiger charge is 2.14. The molecule has 0 aliphatic rings. The van der Waals surface area contributed by atoms with Crippen molar-refractivity contribution in [3.05, 3.63) is 48.0 Å². The van der Waals surface area contributed by atoms with E-state index in [4.69, 9.17) is 0 Å². The Balaban J connectivity index is 2.06. The number of H-pyrrole nitrogens is 1. The smallest absolute Gasteiger partial charge is 0.141 e. The lowest BCUT2D eigenvalue weighted by molar-refractivity contribution is 0.443. The van der Waals surface area contributed by atoms with E-state index in [9.17, 15) is 0 Å². The van der Waals surface area contributed by atoms with Crippen LogP contribution in [0.25, 0.3) is 0 Å². The fourth-order valence-corrected chi connectivity index (χ4v) is 1.94. The van der Waals surface area contributed by atoms with Crippen LogP contribution < -0.4 is 5.32 Å². The second-order valence-corrected chi connectivity index (χ2v) is 4.13. The third-order valence-corrected chi connectivity index (χ3v) is 2.91. The molecule has 0 amide bonds. The van der Waals surface area contributed by atoms with Gasteiger partial charge in [-0.25, -0.2) is 4.98 Å². The normalized spacial score (nSPS) is 14.5. The number of hydrogen-bond donors (Lipinski definition) is 2. The number of rotatable bonds is 5. The first-order valence-corrected chi connectivity index (χ1v) is 5.97. The summed E-state index contributed by atoms with van der Waals surface area (Å²) in [6, 6.07) is 11.0. The number of hydrogen-bond acceptors (Lipinski definition) is 3. The fraction of sp³-hybridized carbons (Fsp3) is 0.385. The van der Waals surface area contributed by atoms with Gasteiger partial charge >= 0.3 is 0 Å². The summed E-state index contributed by atoms with van der Waals surface area (Å²) in [5.74, 6) is 0.874. The van der Waals surface area contributed by atoms with E-state index in [1.165, 1.54) is 11.9 Å². The van der Waals surface area contributed by atoms with Crippen LogP contribution in [0.1, 0.15) is 43.7 Å². The minimum atomic E-state index is 0.169. The fourth-order valence-electron chi connectivity index (χ4n) is 1.94. The molecule has 1 aromatic heterocycles. The van der Waals surface area contributed by atoms with Gasteiger partial charge < -0.3 is 5.32 Å². The summed E-state index contributed by atoms with van der Waals surface area (Å²) in [6.07, 6.45) is 2.58. The van der Waals surface area contributed by atoms with Gasteiger partial charge in [-0.2, -0.15) is 5.10 Å². The van der Waals surface area contributed by atoms with Crippen molar-refractivity contribution < 1.29 is 0 Å². The third-order valence-electron chi connectivity index (χ3n) is 2.91. The number of aromatic amines is 1. The Morgan fingerprint density at radius 2 is 2.06 bits per heavy atom. The Labute approximate surface area is 101 Å². The van der Waals surface area contributed by atoms with Crippen molar-refractivity contribution in [3.8, 4) is 0 Å². The SMILES string of the molecule is CCC(NC(C)c1ncn[nH]1)c1ccccc1. The molecule has 2 atom stereocenters. The highest BCUT2D eigenvalue weighted by Crippen LogP contribution is 2.19. The van der Waals surface area contributed by atoms with Crippen molar-refractivity contribution in [2.75, 3.05) is 0 Å². The molecule has 0 spiro atoms. The third kappa shape index (κ3) is 2.91. The molecule has 0 saturated heterocycles. The number of nitrogens with one attached hydrogen (secondary N) is 2. The summed E-state index contributed by atoms with van der Waals surface area (Å²) in [5.41, 5.74) is 1.31. The molecule has 0 bridgehead atoms. The highest BCUT2D eigenvalue weighted by atomic mass is 15.2. The van der Waals surface area contributed by atoms with Crippen LogP contribution in [0, 0.1) is 0 Å². The van der Waals surface area contributed by atoms with Gasteiger partial charge in [-0.1, -0.05) is 37.3 Å². The molecular weight excluding hydrogens is 212 g/mol. The van der Waals surface area contributed by atoms with Crippen LogP contribution in [0.4, 0.5) is 0 Å². The first-order chi connectivity index (χ1) is 8.31. The van der Waals surface area contributed by atoms with Crippen LogP contribution in [-0.2, 0) is 0 Å². The van der Waals surface area contributed by atoms with Crippen molar-refractivity contribution >= 4 is 0 Å². The molecule has 2 rings (SSSR count). The molecule has 0 saturated carbocycles. The van der Waals surface area contributed by atoms with Crippen LogP contribution in [0.5, 0.6) is 0 Å². The predicted octanol–water partition coefficient (Wildman–Crippen LogP) is 2.61. The van der Waals surface area contributed by atoms with Crippen molar-refractivity contribution in [2.45, 2.75) is 32.4 Å². The lowest BCUT2D eigenvalue weighted by atomic mass is 10.0. The van der Waals surface area contributed by atoms with Crippen LogP contribution >= 0.6 is 0 Å². The predicted molar refractivity (Wildman–Crippen MR) is 67.4 cm³/mol. The molecular formula is C13H18N4. The van der Waals surface area contributed by atoms with E-state index < -0.39 is 0 Å². The Hall–Kier alpha value is -1.68. The van der Waals surface area contributed by atoms with Gasteiger partial charge in [0.25, 0.3) is 0 Å². The monoisotopic (exact) mass is 230 g/mol. The molecule has 4 heteroatoms. The van der Waals surface area contributed by atoms with Gasteiger partial charge in [-0.15, -0.1) is 0 Å². The molecule has 0 radical (unpaired) electrons. The molecule has 4 nitrogen and oxygen atoms in total. The lowest BCUT2D eigenvalue weighted by Crippen LogP contribution is -2.25. The minimum absolute atomic E-state index is 0.169. The van der Waals surface area contributed by atoms with Gasteiger partial charge in [-0.3, -0.25) is 5.10 Å². The second kappa shape index (κ2) is 5.59. The maximum absolute atomic E-state index is 4.17. The Morgan fingerprint density at radius 1 is 1.29 bits per heavy atom. The van der Waals surface area contributed by atoms with Crippen molar-refractivity contribution in [2.24, 2.45) is 0 Å². The molecule has 2 unspecified atom stereocenters. The first-order valence-electron chi connectivity index (χ1n) is 5.97. The van der Waals surface area contributed by atoms with Gasteiger partial charge in [0.2, 0.25) is 0 Å². The van der Waals surface area contributed by atoms with Gasteiger partial charge in [0.05, 0.1) is 6.04 Å². The molecule has 0 aliphatic carbocycles. The average Bonchev–Trinajstić information content (AvgIpc) is 2.90. The second-order valence-electron chi connectivity index (χ2n) is 4.13. The molecule has 90 valence electrons. The quantitative estimate of drug-likeness (QED) is 0.830. The lowest BCUT2D eigenvalue weighted by Gasteiger charge is -2.21. The summed E-state index contributed by atoms with van der Waals surface area (Å²) in [7, 11) is 0. The van der Waals surface area contributed by atoms with Gasteiger partial charge in [-0.05, 0) is 18.9 Å². The minimum Gasteiger partial charge on any atom is -0.301 e. The van der Waals surface area contributed by atoms with Crippen molar-refractivity contribution in [1.29, 1.82) is 0 Å². The maximum atomic E-state index is 4.17. The summed E-state index contributed by atoms with van der Waals surface area (Å²) >= 11 is 0. The van der Waals surface area contributed by atoms with E-state index in [1.807, 2.05) is 6.07 Å². The Morgan fingerprint density at radius 3 is 2.65 bits per heavy atom. The largest absolute Gasteiger partial charge is 0.301 e. The zero-order chi connectivity index (χ0) is 12.1. The molecule has 2 N–H and O–H groups in total. The van der Waals surface area contributed by atoms with Crippen molar-refractivity contribution in [3.63, 3.8) is 0 Å². The van der Waals surface area contributed by atoms with E-state index in [2.05, 4.69) is 58.6 Å². The van der Waals surface area contributed by atoms with E-state index in [-0.39, 0.29) is 6.04 Å². The highest BCUT2D eigenvalue weighted by molar-refractivity contribution is 5.19. The van der Waals surface area contributed by atoms with E-state index in [0.29, 0.717) is 6.04 Å². The number of nitrogens with zero attached hydrogens (tertiary/aromatic N) is 2. The van der Waals surface area contributed by atoms with Gasteiger partial charge in [0, 0.05) is 6.04 Å². The van der Waals surface area contributed by atoms with E-state index in [0.717, 1.165) is 12.2 Å². The molecule has 17 heavy (non-hydrogen) atoms. The van der Waals surface area contributed by atoms with E-state index in [1.54, 1.807) is 0 Å². The topological polar surface area (TPSA) is 53.6 Å². The van der Waals surface area contributed by atoms with E-state index >= 15 is 0 Å². The zero-order valence-electron chi connectivity index (χ0n) is 10.2. The number of benzene rings is 1. The van der Waals surface area contributed by atoms with Crippen LogP contribution in [0.3, 0.4) is 0 Å². The first kappa shape index (κ1) is 11.8. The standard InChI is InChI=1S/C13H18N4/c1-3-12(11-7-5-4-6-8-11)16-10(2)13-14-9-15-17-13/h4-10,12,16H,3H2,1-2H3,(H,14,15,17). The summed E-state index contributed by atoms with van der Waals surface area (Å²) in [4.78, 5) is 4.17. The molecule has 1 aromatic carbocycles. The Bertz CT molecular complexity index is 424. The molecule has 2 aromatic rings. The maximum Gasteiger partial charge on any atom is 0.141 e. The average molecular weight is 230 g/mol. The van der Waals surface area contributed by atoms with Crippen molar-refractivity contribution in [1.82, 2.24) is 20.5 Å². The van der Waals surface area contributed by atoms with Crippen LogP contribution in [-0.4, -0.2) is 15.2 Å². The van der Waals surface area contributed by atoms with Gasteiger partial charge in [0.1, 0.15) is 12.2 Å². The Kier molecular flexibility index (Phi) is 3.88. The molecule has 0 aliphatic heterocycles. The summed E-state index contributed by atoms with van der Waals surface area (Å²) in [5, 5.41) is 10.3. The van der Waals surface area contributed by atoms with Crippen LogP contribution in [0.2, 0.25) is 0 Å². The number of aromatic nitrogens is 3. The molecule has 1 heterocycles. The zero-order valence-corrected chi connectivity index (χ0v) is 10.2. The van der Waals surface area contributed by atoms with Gasteiger partial charge in [0.15, 0.2) is 0 Å².